The fourth-order valence-electron chi connectivity index (χ4n) is 18.6. The molecule has 8 aliphatic rings. The molecule has 0 radical (unpaired) electrons. The van der Waals surface area contributed by atoms with Crippen LogP contribution in [0.2, 0.25) is 0 Å². The Balaban J connectivity index is 1.22. The van der Waals surface area contributed by atoms with Gasteiger partial charge in [-0.15, -0.1) is 0 Å². The van der Waals surface area contributed by atoms with Crippen LogP contribution in [0.25, 0.3) is 0 Å². The summed E-state index contributed by atoms with van der Waals surface area (Å²) in [6, 6.07) is 0. The van der Waals surface area contributed by atoms with E-state index in [2.05, 4.69) is 0 Å². The maximum atomic E-state index is 1.65. The Morgan fingerprint density at radius 3 is 0.684 bits per heavy atom. The summed E-state index contributed by atoms with van der Waals surface area (Å²) in [5, 5.41) is 0. The summed E-state index contributed by atoms with van der Waals surface area (Å²) in [6.45, 7) is 0. The van der Waals surface area contributed by atoms with Gasteiger partial charge in [-0.25, -0.2) is 0 Å². The SMILES string of the molecule is C1CCCCCC(C2(C3CCCCC3)C(C3CCCCC3)C(C3CCCCC3)C(C3CCCCC3)C2C2CCCCC2)CCCCC(C2CCCCC2)CCCC1. The maximum absolute atomic E-state index is 1.65. The number of rotatable bonds is 7. The summed E-state index contributed by atoms with van der Waals surface area (Å²) < 4.78 is 0. The van der Waals surface area contributed by atoms with Crippen LogP contribution in [0.5, 0.6) is 0 Å². The van der Waals surface area contributed by atoms with Gasteiger partial charge in [-0.05, 0) is 102 Å². The lowest BCUT2D eigenvalue weighted by Crippen LogP contribution is -2.53. The molecule has 0 aromatic heterocycles. The molecule has 8 aliphatic carbocycles. The molecule has 0 aromatic rings. The van der Waals surface area contributed by atoms with E-state index in [1.165, 1.54) is 32.1 Å². The Labute approximate surface area is 357 Å². The van der Waals surface area contributed by atoms with Crippen molar-refractivity contribution in [2.75, 3.05) is 0 Å². The minimum atomic E-state index is 0.670. The molecule has 328 valence electrons. The van der Waals surface area contributed by atoms with E-state index >= 15 is 0 Å². The van der Waals surface area contributed by atoms with Gasteiger partial charge >= 0.3 is 0 Å². The third-order valence-corrected chi connectivity index (χ3v) is 20.7. The lowest BCUT2D eigenvalue weighted by molar-refractivity contribution is -0.106. The molecule has 0 aromatic carbocycles. The third-order valence-electron chi connectivity index (χ3n) is 20.7. The zero-order valence-electron chi connectivity index (χ0n) is 38.5. The van der Waals surface area contributed by atoms with Gasteiger partial charge in [0.2, 0.25) is 0 Å². The first-order chi connectivity index (χ1) is 28.4. The molecule has 0 N–H and O–H groups in total. The first kappa shape index (κ1) is 43.6. The average Bonchev–Trinajstić information content (AvgIpc) is 3.61. The fourth-order valence-corrected chi connectivity index (χ4v) is 18.6. The Morgan fingerprint density at radius 1 is 0.175 bits per heavy atom. The monoisotopic (exact) mass is 785 g/mol. The van der Waals surface area contributed by atoms with Crippen LogP contribution in [0.15, 0.2) is 0 Å². The van der Waals surface area contributed by atoms with Crippen LogP contribution >= 0.6 is 0 Å². The van der Waals surface area contributed by atoms with E-state index in [0.717, 1.165) is 71.0 Å². The van der Waals surface area contributed by atoms with Gasteiger partial charge in [-0.1, -0.05) is 257 Å². The van der Waals surface area contributed by atoms with Gasteiger partial charge in [-0.3, -0.25) is 0 Å². The second kappa shape index (κ2) is 22.9. The summed E-state index contributed by atoms with van der Waals surface area (Å²) in [6.07, 6.45) is 69.6. The lowest BCUT2D eigenvalue weighted by Gasteiger charge is -2.59. The van der Waals surface area contributed by atoms with Crippen LogP contribution in [0.3, 0.4) is 0 Å². The molecule has 8 fully saturated rings. The van der Waals surface area contributed by atoms with E-state index in [1.807, 2.05) is 0 Å². The fraction of sp³-hybridized carbons (Fsp3) is 1.00. The summed E-state index contributed by atoms with van der Waals surface area (Å²) in [4.78, 5) is 0. The topological polar surface area (TPSA) is 0 Å². The molecule has 57 heavy (non-hydrogen) atoms. The van der Waals surface area contributed by atoms with Crippen LogP contribution in [0, 0.1) is 76.4 Å². The summed E-state index contributed by atoms with van der Waals surface area (Å²) >= 11 is 0. The predicted molar refractivity (Wildman–Crippen MR) is 247 cm³/mol. The van der Waals surface area contributed by atoms with Gasteiger partial charge in [0.1, 0.15) is 0 Å². The molecular weight excluding hydrogens is 685 g/mol. The zero-order valence-corrected chi connectivity index (χ0v) is 38.5. The molecule has 0 heteroatoms. The third kappa shape index (κ3) is 10.6. The van der Waals surface area contributed by atoms with E-state index < -0.39 is 0 Å². The normalized spacial score (nSPS) is 38.9. The van der Waals surface area contributed by atoms with Crippen molar-refractivity contribution in [2.24, 2.45) is 76.4 Å². The highest BCUT2D eigenvalue weighted by atomic mass is 14.7. The Hall–Kier alpha value is 0. The van der Waals surface area contributed by atoms with Crippen molar-refractivity contribution in [3.05, 3.63) is 0 Å². The van der Waals surface area contributed by atoms with Crippen molar-refractivity contribution >= 4 is 0 Å². The van der Waals surface area contributed by atoms with Gasteiger partial charge in [0.15, 0.2) is 0 Å². The second-order valence-electron chi connectivity index (χ2n) is 23.7. The molecule has 0 nitrogen and oxygen atoms in total. The molecule has 0 saturated heterocycles. The van der Waals surface area contributed by atoms with Crippen LogP contribution in [-0.4, -0.2) is 0 Å². The van der Waals surface area contributed by atoms with Crippen molar-refractivity contribution in [2.45, 2.75) is 283 Å². The van der Waals surface area contributed by atoms with Gasteiger partial charge < -0.3 is 0 Å². The molecule has 0 heterocycles. The predicted octanol–water partition coefficient (Wildman–Crippen LogP) is 18.6. The van der Waals surface area contributed by atoms with E-state index in [4.69, 9.17) is 0 Å². The van der Waals surface area contributed by atoms with Crippen molar-refractivity contribution < 1.29 is 0 Å². The molecule has 0 aliphatic heterocycles. The molecule has 0 bridgehead atoms. The molecule has 0 spiro atoms. The van der Waals surface area contributed by atoms with Gasteiger partial charge in [-0.2, -0.15) is 0 Å². The minimum absolute atomic E-state index is 0.670. The van der Waals surface area contributed by atoms with Crippen LogP contribution in [0.4, 0.5) is 0 Å². The maximum Gasteiger partial charge on any atom is -0.0173 e. The molecule has 8 rings (SSSR count). The van der Waals surface area contributed by atoms with E-state index in [-0.39, 0.29) is 0 Å². The van der Waals surface area contributed by atoms with Crippen molar-refractivity contribution in [1.29, 1.82) is 0 Å². The quantitative estimate of drug-likeness (QED) is 0.241. The average molecular weight is 785 g/mol. The summed E-state index contributed by atoms with van der Waals surface area (Å²) in [5.74, 6) is 12.9. The number of hydrogen-bond donors (Lipinski definition) is 0. The summed E-state index contributed by atoms with van der Waals surface area (Å²) in [5.41, 5.74) is 0.670. The van der Waals surface area contributed by atoms with E-state index in [1.54, 1.807) is 250 Å². The summed E-state index contributed by atoms with van der Waals surface area (Å²) in [7, 11) is 0. The van der Waals surface area contributed by atoms with Crippen LogP contribution in [0.1, 0.15) is 283 Å². The highest BCUT2D eigenvalue weighted by Gasteiger charge is 2.69. The Bertz CT molecular complexity index is 1020. The smallest absolute Gasteiger partial charge is 0.0173 e. The zero-order chi connectivity index (χ0) is 38.5. The molecule has 6 unspecified atom stereocenters. The molecule has 6 atom stereocenters. The number of hydrogen-bond acceptors (Lipinski definition) is 0. The largest absolute Gasteiger partial charge is 0.0533 e. The second-order valence-corrected chi connectivity index (χ2v) is 23.7. The highest BCUT2D eigenvalue weighted by molar-refractivity contribution is 5.16. The van der Waals surface area contributed by atoms with Crippen LogP contribution < -0.4 is 0 Å². The minimum Gasteiger partial charge on any atom is -0.0533 e. The lowest BCUT2D eigenvalue weighted by atomic mass is 9.46. The van der Waals surface area contributed by atoms with Crippen molar-refractivity contribution in [1.82, 2.24) is 0 Å². The Morgan fingerprint density at radius 2 is 0.368 bits per heavy atom. The standard InChI is InChI=1S/C57H100/c1-2-4-6-24-41-52(44-28-27-32-46(29-13-5-3-1)45-30-14-7-15-31-45)57(51-42-25-12-26-43-51)55(49-37-20-10-21-38-49)53(47-33-16-8-17-34-47)54(48-35-18-9-19-36-48)56(57)50-39-22-11-23-40-50/h45-56H,1-44H2. The van der Waals surface area contributed by atoms with Gasteiger partial charge in [0, 0.05) is 0 Å². The van der Waals surface area contributed by atoms with E-state index in [0.29, 0.717) is 5.41 Å². The molecule has 8 saturated carbocycles. The first-order valence-corrected chi connectivity index (χ1v) is 28.4. The van der Waals surface area contributed by atoms with Crippen molar-refractivity contribution in [3.63, 3.8) is 0 Å². The Kier molecular flexibility index (Phi) is 17.5. The molecular formula is C57H100. The molecule has 0 amide bonds. The van der Waals surface area contributed by atoms with Gasteiger partial charge in [0.25, 0.3) is 0 Å². The highest BCUT2D eigenvalue weighted by Crippen LogP contribution is 2.74. The van der Waals surface area contributed by atoms with Crippen molar-refractivity contribution in [3.8, 4) is 0 Å². The first-order valence-electron chi connectivity index (χ1n) is 28.4. The van der Waals surface area contributed by atoms with E-state index in [9.17, 15) is 0 Å². The van der Waals surface area contributed by atoms with Gasteiger partial charge in [0.05, 0.1) is 0 Å². The van der Waals surface area contributed by atoms with Crippen LogP contribution in [-0.2, 0) is 0 Å².